The van der Waals surface area contributed by atoms with E-state index in [-0.39, 0.29) is 11.8 Å². The zero-order valence-corrected chi connectivity index (χ0v) is 16.9. The van der Waals surface area contributed by atoms with Gasteiger partial charge in [-0.05, 0) is 37.1 Å². The molecule has 30 heavy (non-hydrogen) atoms. The van der Waals surface area contributed by atoms with Gasteiger partial charge in [-0.2, -0.15) is 0 Å². The number of hydrogen-bond acceptors (Lipinski definition) is 6. The largest absolute Gasteiger partial charge is 0.378 e. The molecule has 1 atom stereocenters. The number of nitrogens with zero attached hydrogens (tertiary/aromatic N) is 5. The molecule has 0 bridgehead atoms. The van der Waals surface area contributed by atoms with Crippen LogP contribution in [0, 0.1) is 5.92 Å². The van der Waals surface area contributed by atoms with Crippen molar-refractivity contribution < 1.29 is 9.53 Å². The third-order valence-electron chi connectivity index (χ3n) is 5.90. The molecule has 5 rings (SSSR count). The second-order valence-electron chi connectivity index (χ2n) is 7.85. The first-order valence-corrected chi connectivity index (χ1v) is 10.6. The van der Waals surface area contributed by atoms with Crippen molar-refractivity contribution in [2.75, 3.05) is 44.3 Å². The lowest BCUT2D eigenvalue weighted by atomic mass is 9.96. The smallest absolute Gasteiger partial charge is 0.227 e. The molecule has 3 aromatic rings. The summed E-state index contributed by atoms with van der Waals surface area (Å²) in [7, 11) is 0. The SMILES string of the molecule is O=C(C1CCCN(c2nc(-c3cccnc3)nc3ccccc23)C1)N1CCOCC1. The molecule has 0 aliphatic carbocycles. The molecule has 0 saturated carbocycles. The highest BCUT2D eigenvalue weighted by Gasteiger charge is 2.31. The molecule has 1 amide bonds. The Morgan fingerprint density at radius 2 is 1.90 bits per heavy atom. The molecule has 0 N–H and O–H groups in total. The van der Waals surface area contributed by atoms with E-state index < -0.39 is 0 Å². The lowest BCUT2D eigenvalue weighted by Crippen LogP contribution is -2.48. The maximum atomic E-state index is 13.1. The van der Waals surface area contributed by atoms with Gasteiger partial charge in [-0.3, -0.25) is 9.78 Å². The number of pyridine rings is 1. The Morgan fingerprint density at radius 3 is 2.73 bits per heavy atom. The van der Waals surface area contributed by atoms with Gasteiger partial charge in [0, 0.05) is 49.5 Å². The van der Waals surface area contributed by atoms with Gasteiger partial charge >= 0.3 is 0 Å². The number of anilines is 1. The van der Waals surface area contributed by atoms with E-state index in [4.69, 9.17) is 14.7 Å². The monoisotopic (exact) mass is 403 g/mol. The average Bonchev–Trinajstić information content (AvgIpc) is 2.84. The summed E-state index contributed by atoms with van der Waals surface area (Å²) in [5.41, 5.74) is 1.80. The molecule has 154 valence electrons. The maximum Gasteiger partial charge on any atom is 0.227 e. The number of carbonyl (C=O) groups is 1. The fourth-order valence-corrected chi connectivity index (χ4v) is 4.34. The summed E-state index contributed by atoms with van der Waals surface area (Å²) < 4.78 is 5.40. The van der Waals surface area contributed by atoms with Crippen LogP contribution in [-0.4, -0.2) is 65.2 Å². The van der Waals surface area contributed by atoms with Gasteiger partial charge in [-0.1, -0.05) is 12.1 Å². The van der Waals surface area contributed by atoms with Crippen molar-refractivity contribution in [2.45, 2.75) is 12.8 Å². The second-order valence-corrected chi connectivity index (χ2v) is 7.85. The number of ether oxygens (including phenoxy) is 1. The first kappa shape index (κ1) is 18.9. The standard InChI is InChI=1S/C23H25N5O2/c29-23(27-11-13-30-14-12-27)18-6-4-10-28(16-18)22-19-7-1-2-8-20(19)25-21(26-22)17-5-3-9-24-15-17/h1-3,5,7-9,15,18H,4,6,10-14,16H2. The van der Waals surface area contributed by atoms with Gasteiger partial charge < -0.3 is 14.5 Å². The zero-order valence-electron chi connectivity index (χ0n) is 16.9. The van der Waals surface area contributed by atoms with Crippen LogP contribution in [0.1, 0.15) is 12.8 Å². The quantitative estimate of drug-likeness (QED) is 0.670. The lowest BCUT2D eigenvalue weighted by Gasteiger charge is -2.37. The van der Waals surface area contributed by atoms with Crippen LogP contribution in [0.2, 0.25) is 0 Å². The molecule has 1 unspecified atom stereocenters. The second kappa shape index (κ2) is 8.36. The van der Waals surface area contributed by atoms with Crippen molar-refractivity contribution in [3.8, 4) is 11.4 Å². The van der Waals surface area contributed by atoms with Crippen molar-refractivity contribution in [2.24, 2.45) is 5.92 Å². The summed E-state index contributed by atoms with van der Waals surface area (Å²) in [5, 5.41) is 1.02. The van der Waals surface area contributed by atoms with Crippen LogP contribution in [0.25, 0.3) is 22.3 Å². The Balaban J connectivity index is 1.48. The fourth-order valence-electron chi connectivity index (χ4n) is 4.34. The van der Waals surface area contributed by atoms with Gasteiger partial charge in [-0.15, -0.1) is 0 Å². The van der Waals surface area contributed by atoms with Gasteiger partial charge in [0.25, 0.3) is 0 Å². The highest BCUT2D eigenvalue weighted by Crippen LogP contribution is 2.31. The van der Waals surface area contributed by atoms with E-state index >= 15 is 0 Å². The summed E-state index contributed by atoms with van der Waals surface area (Å²) in [6.45, 7) is 4.22. The Morgan fingerprint density at radius 1 is 1.03 bits per heavy atom. The molecular formula is C23H25N5O2. The number of fused-ring (bicyclic) bond motifs is 1. The van der Waals surface area contributed by atoms with Gasteiger partial charge in [-0.25, -0.2) is 9.97 Å². The Kier molecular flexibility index (Phi) is 5.27. The van der Waals surface area contributed by atoms with E-state index in [9.17, 15) is 4.79 Å². The Labute approximate surface area is 175 Å². The normalized spacial score (nSPS) is 19.8. The van der Waals surface area contributed by atoms with Gasteiger partial charge in [0.05, 0.1) is 24.6 Å². The molecule has 4 heterocycles. The molecule has 0 radical (unpaired) electrons. The van der Waals surface area contributed by atoms with E-state index in [1.165, 1.54) is 0 Å². The number of amides is 1. The molecular weight excluding hydrogens is 378 g/mol. The van der Waals surface area contributed by atoms with E-state index in [1.54, 1.807) is 12.4 Å². The summed E-state index contributed by atoms with van der Waals surface area (Å²) in [5.74, 6) is 1.80. The van der Waals surface area contributed by atoms with Crippen molar-refractivity contribution in [1.29, 1.82) is 0 Å². The highest BCUT2D eigenvalue weighted by molar-refractivity contribution is 5.91. The van der Waals surface area contributed by atoms with Crippen LogP contribution in [0.15, 0.2) is 48.8 Å². The van der Waals surface area contributed by atoms with Crippen molar-refractivity contribution in [1.82, 2.24) is 19.9 Å². The van der Waals surface area contributed by atoms with Crippen LogP contribution in [0.4, 0.5) is 5.82 Å². The number of morpholine rings is 1. The van der Waals surface area contributed by atoms with E-state index in [1.807, 2.05) is 35.2 Å². The average molecular weight is 403 g/mol. The summed E-state index contributed by atoms with van der Waals surface area (Å²) in [6.07, 6.45) is 5.43. The lowest BCUT2D eigenvalue weighted by molar-refractivity contribution is -0.139. The minimum atomic E-state index is -0.00702. The molecule has 7 nitrogen and oxygen atoms in total. The number of hydrogen-bond donors (Lipinski definition) is 0. The molecule has 0 spiro atoms. The van der Waals surface area contributed by atoms with Crippen molar-refractivity contribution in [3.63, 3.8) is 0 Å². The third-order valence-corrected chi connectivity index (χ3v) is 5.90. The fraction of sp³-hybridized carbons (Fsp3) is 0.391. The number of aromatic nitrogens is 3. The number of benzene rings is 1. The van der Waals surface area contributed by atoms with E-state index in [0.717, 1.165) is 41.7 Å². The van der Waals surface area contributed by atoms with Crippen molar-refractivity contribution in [3.05, 3.63) is 48.8 Å². The summed E-state index contributed by atoms with van der Waals surface area (Å²) in [4.78, 5) is 31.2. The van der Waals surface area contributed by atoms with Crippen LogP contribution in [0.5, 0.6) is 0 Å². The minimum absolute atomic E-state index is 0.00702. The molecule has 1 aromatic carbocycles. The predicted octanol–water partition coefficient (Wildman–Crippen LogP) is 2.77. The van der Waals surface area contributed by atoms with Gasteiger partial charge in [0.15, 0.2) is 5.82 Å². The molecule has 2 aliphatic heterocycles. The van der Waals surface area contributed by atoms with Gasteiger partial charge in [0.1, 0.15) is 5.82 Å². The highest BCUT2D eigenvalue weighted by atomic mass is 16.5. The summed E-state index contributed by atoms with van der Waals surface area (Å²) >= 11 is 0. The zero-order chi connectivity index (χ0) is 20.3. The molecule has 2 aromatic heterocycles. The van der Waals surface area contributed by atoms with Crippen LogP contribution >= 0.6 is 0 Å². The third kappa shape index (κ3) is 3.73. The summed E-state index contributed by atoms with van der Waals surface area (Å²) in [6, 6.07) is 11.9. The number of para-hydroxylation sites is 1. The molecule has 2 aliphatic rings. The minimum Gasteiger partial charge on any atom is -0.378 e. The number of rotatable bonds is 3. The molecule has 7 heteroatoms. The maximum absolute atomic E-state index is 13.1. The van der Waals surface area contributed by atoms with Gasteiger partial charge in [0.2, 0.25) is 5.91 Å². The number of piperidine rings is 1. The van der Waals surface area contributed by atoms with Crippen LogP contribution in [-0.2, 0) is 9.53 Å². The first-order chi connectivity index (χ1) is 14.8. The van der Waals surface area contributed by atoms with E-state index in [2.05, 4.69) is 16.0 Å². The Bertz CT molecular complexity index is 1040. The van der Waals surface area contributed by atoms with Crippen LogP contribution < -0.4 is 4.90 Å². The van der Waals surface area contributed by atoms with Crippen LogP contribution in [0.3, 0.4) is 0 Å². The predicted molar refractivity (Wildman–Crippen MR) is 115 cm³/mol. The Hall–Kier alpha value is -3.06. The van der Waals surface area contributed by atoms with E-state index in [0.29, 0.717) is 38.7 Å². The first-order valence-electron chi connectivity index (χ1n) is 10.6. The van der Waals surface area contributed by atoms with Crippen molar-refractivity contribution >= 4 is 22.6 Å². The topological polar surface area (TPSA) is 71.5 Å². The molecule has 2 fully saturated rings. The molecule has 2 saturated heterocycles. The number of carbonyl (C=O) groups excluding carboxylic acids is 1.